The van der Waals surface area contributed by atoms with E-state index in [1.807, 2.05) is 7.05 Å². The first-order chi connectivity index (χ1) is 7.58. The van der Waals surface area contributed by atoms with Crippen molar-refractivity contribution in [3.05, 3.63) is 21.7 Å². The van der Waals surface area contributed by atoms with Crippen LogP contribution in [-0.4, -0.2) is 41.6 Å². The van der Waals surface area contributed by atoms with Crippen LogP contribution >= 0.6 is 23.2 Å². The predicted molar refractivity (Wildman–Crippen MR) is 63.0 cm³/mol. The minimum atomic E-state index is -0.144. The molecule has 1 aromatic heterocycles. The molecule has 88 valence electrons. The summed E-state index contributed by atoms with van der Waals surface area (Å²) in [4.78, 5) is 10.6. The number of ether oxygens (including phenoxy) is 1. The maximum atomic E-state index is 5.97. The van der Waals surface area contributed by atoms with Gasteiger partial charge in [-0.1, -0.05) is 23.2 Å². The van der Waals surface area contributed by atoms with Gasteiger partial charge < -0.3 is 9.64 Å². The Morgan fingerprint density at radius 1 is 1.31 bits per heavy atom. The molecule has 0 N–H and O–H groups in total. The first-order valence-corrected chi connectivity index (χ1v) is 5.83. The molecule has 0 aromatic carbocycles. The fourth-order valence-electron chi connectivity index (χ4n) is 1.56. The molecule has 6 heteroatoms. The molecule has 1 fully saturated rings. The Morgan fingerprint density at radius 3 is 2.50 bits per heavy atom. The Labute approximate surface area is 105 Å². The fourth-order valence-corrected chi connectivity index (χ4v) is 1.96. The number of hydrogen-bond donors (Lipinski definition) is 0. The molecule has 0 spiro atoms. The molecule has 0 amide bonds. The van der Waals surface area contributed by atoms with Crippen LogP contribution in [0.25, 0.3) is 0 Å². The first kappa shape index (κ1) is 12.0. The highest BCUT2D eigenvalue weighted by Crippen LogP contribution is 2.25. The number of rotatable bonds is 1. The summed E-state index contributed by atoms with van der Waals surface area (Å²) in [5.41, 5.74) is 0.705. The number of hydrogen-bond acceptors (Lipinski definition) is 4. The average molecular weight is 262 g/mol. The van der Waals surface area contributed by atoms with Gasteiger partial charge in [0.05, 0.1) is 6.61 Å². The molecule has 1 aliphatic rings. The molecule has 16 heavy (non-hydrogen) atoms. The van der Waals surface area contributed by atoms with E-state index in [9.17, 15) is 0 Å². The lowest BCUT2D eigenvalue weighted by Gasteiger charge is -2.29. The Kier molecular flexibility index (Phi) is 3.64. The van der Waals surface area contributed by atoms with Crippen molar-refractivity contribution in [2.45, 2.75) is 13.0 Å². The minimum Gasteiger partial charge on any atom is -0.368 e. The topological polar surface area (TPSA) is 38.2 Å². The zero-order valence-electron chi connectivity index (χ0n) is 9.20. The highest BCUT2D eigenvalue weighted by atomic mass is 35.5. The standard InChI is InChI=1S/C10H13Cl2N3O/c1-6-8(11)13-10(14-9(6)12)7-5-15(2)3-4-16-7/h7H,3-5H2,1-2H3. The summed E-state index contributed by atoms with van der Waals surface area (Å²) in [7, 11) is 2.03. The van der Waals surface area contributed by atoms with E-state index in [1.54, 1.807) is 6.92 Å². The van der Waals surface area contributed by atoms with E-state index in [1.165, 1.54) is 0 Å². The van der Waals surface area contributed by atoms with Crippen LogP contribution in [0, 0.1) is 6.92 Å². The summed E-state index contributed by atoms with van der Waals surface area (Å²) in [6.45, 7) is 4.15. The number of aromatic nitrogens is 2. The second kappa shape index (κ2) is 4.84. The van der Waals surface area contributed by atoms with Crippen LogP contribution in [-0.2, 0) is 4.74 Å². The molecule has 1 atom stereocenters. The fraction of sp³-hybridized carbons (Fsp3) is 0.600. The SMILES string of the molecule is Cc1c(Cl)nc(C2CN(C)CCO2)nc1Cl. The lowest BCUT2D eigenvalue weighted by Crippen LogP contribution is -2.36. The van der Waals surface area contributed by atoms with Gasteiger partial charge in [0.2, 0.25) is 0 Å². The summed E-state index contributed by atoms with van der Waals surface area (Å²) in [6, 6.07) is 0. The highest BCUT2D eigenvalue weighted by Gasteiger charge is 2.23. The number of likely N-dealkylation sites (N-methyl/N-ethyl adjacent to an activating group) is 1. The van der Waals surface area contributed by atoms with E-state index in [0.29, 0.717) is 28.3 Å². The third-order valence-corrected chi connectivity index (χ3v) is 3.34. The van der Waals surface area contributed by atoms with Crippen molar-refractivity contribution in [1.82, 2.24) is 14.9 Å². The molecule has 2 rings (SSSR count). The smallest absolute Gasteiger partial charge is 0.161 e. The zero-order chi connectivity index (χ0) is 11.7. The normalized spacial score (nSPS) is 22.4. The minimum absolute atomic E-state index is 0.144. The lowest BCUT2D eigenvalue weighted by atomic mass is 10.2. The molecular weight excluding hydrogens is 249 g/mol. The van der Waals surface area contributed by atoms with E-state index >= 15 is 0 Å². The van der Waals surface area contributed by atoms with Crippen LogP contribution in [0.1, 0.15) is 17.5 Å². The Bertz CT molecular complexity index is 377. The summed E-state index contributed by atoms with van der Waals surface area (Å²) < 4.78 is 5.60. The summed E-state index contributed by atoms with van der Waals surface area (Å²) in [6.07, 6.45) is -0.144. The van der Waals surface area contributed by atoms with Crippen molar-refractivity contribution in [2.75, 3.05) is 26.7 Å². The van der Waals surface area contributed by atoms with Crippen LogP contribution in [0.3, 0.4) is 0 Å². The molecule has 1 aliphatic heterocycles. The molecule has 2 heterocycles. The number of morpholine rings is 1. The molecule has 0 bridgehead atoms. The maximum absolute atomic E-state index is 5.97. The number of nitrogens with zero attached hydrogens (tertiary/aromatic N) is 3. The van der Waals surface area contributed by atoms with Gasteiger partial charge in [0.15, 0.2) is 5.82 Å². The van der Waals surface area contributed by atoms with E-state index < -0.39 is 0 Å². The molecule has 1 saturated heterocycles. The van der Waals surface area contributed by atoms with Gasteiger partial charge in [-0.05, 0) is 14.0 Å². The quantitative estimate of drug-likeness (QED) is 0.726. The van der Waals surface area contributed by atoms with Crippen molar-refractivity contribution < 1.29 is 4.74 Å². The Balaban J connectivity index is 2.26. The van der Waals surface area contributed by atoms with Gasteiger partial charge in [0.25, 0.3) is 0 Å². The van der Waals surface area contributed by atoms with Crippen LogP contribution in [0.5, 0.6) is 0 Å². The van der Waals surface area contributed by atoms with Gasteiger partial charge in [-0.25, -0.2) is 9.97 Å². The monoisotopic (exact) mass is 261 g/mol. The van der Waals surface area contributed by atoms with E-state index in [-0.39, 0.29) is 6.10 Å². The summed E-state index contributed by atoms with van der Waals surface area (Å²) in [5, 5.41) is 0.790. The largest absolute Gasteiger partial charge is 0.368 e. The van der Waals surface area contributed by atoms with Gasteiger partial charge in [-0.3, -0.25) is 0 Å². The van der Waals surface area contributed by atoms with Gasteiger partial charge >= 0.3 is 0 Å². The van der Waals surface area contributed by atoms with Crippen molar-refractivity contribution in [3.8, 4) is 0 Å². The third kappa shape index (κ3) is 2.46. The van der Waals surface area contributed by atoms with Crippen molar-refractivity contribution in [2.24, 2.45) is 0 Å². The zero-order valence-corrected chi connectivity index (χ0v) is 10.7. The average Bonchev–Trinajstić information content (AvgIpc) is 2.25. The summed E-state index contributed by atoms with van der Waals surface area (Å²) in [5.74, 6) is 0.562. The van der Waals surface area contributed by atoms with Crippen LogP contribution < -0.4 is 0 Å². The van der Waals surface area contributed by atoms with E-state index in [2.05, 4.69) is 14.9 Å². The maximum Gasteiger partial charge on any atom is 0.161 e. The van der Waals surface area contributed by atoms with Crippen molar-refractivity contribution in [3.63, 3.8) is 0 Å². The Hall–Kier alpha value is -0.420. The van der Waals surface area contributed by atoms with E-state index in [0.717, 1.165) is 13.1 Å². The van der Waals surface area contributed by atoms with Crippen molar-refractivity contribution >= 4 is 23.2 Å². The molecule has 1 unspecified atom stereocenters. The van der Waals surface area contributed by atoms with Crippen LogP contribution in [0.15, 0.2) is 0 Å². The lowest BCUT2D eigenvalue weighted by molar-refractivity contribution is -0.0254. The molecule has 0 radical (unpaired) electrons. The van der Waals surface area contributed by atoms with Gasteiger partial charge in [-0.15, -0.1) is 0 Å². The molecular formula is C10H13Cl2N3O. The molecule has 0 saturated carbocycles. The molecule has 0 aliphatic carbocycles. The highest BCUT2D eigenvalue weighted by molar-refractivity contribution is 6.34. The molecule has 4 nitrogen and oxygen atoms in total. The number of halogens is 2. The molecule has 1 aromatic rings. The van der Waals surface area contributed by atoms with Crippen molar-refractivity contribution in [1.29, 1.82) is 0 Å². The predicted octanol–water partition coefficient (Wildman–Crippen LogP) is 2.09. The van der Waals surface area contributed by atoms with E-state index in [4.69, 9.17) is 27.9 Å². The van der Waals surface area contributed by atoms with Crippen LogP contribution in [0.2, 0.25) is 10.3 Å². The first-order valence-electron chi connectivity index (χ1n) is 5.07. The van der Waals surface area contributed by atoms with Crippen LogP contribution in [0.4, 0.5) is 0 Å². The van der Waals surface area contributed by atoms with Gasteiger partial charge in [0.1, 0.15) is 16.4 Å². The summed E-state index contributed by atoms with van der Waals surface area (Å²) >= 11 is 11.9. The third-order valence-electron chi connectivity index (χ3n) is 2.60. The van der Waals surface area contributed by atoms with Gasteiger partial charge in [-0.2, -0.15) is 0 Å². The second-order valence-corrected chi connectivity index (χ2v) is 4.63. The van der Waals surface area contributed by atoms with Gasteiger partial charge in [0, 0.05) is 18.7 Å². The Morgan fingerprint density at radius 2 is 1.94 bits per heavy atom. The second-order valence-electron chi connectivity index (χ2n) is 3.91.